The molecule has 2 fully saturated rings. The van der Waals surface area contributed by atoms with Crippen LogP contribution < -0.4 is 4.90 Å². The summed E-state index contributed by atoms with van der Waals surface area (Å²) in [6.45, 7) is 2.25. The van der Waals surface area contributed by atoms with Gasteiger partial charge in [0.25, 0.3) is 5.91 Å². The van der Waals surface area contributed by atoms with Crippen LogP contribution in [0.1, 0.15) is 31.2 Å². The van der Waals surface area contributed by atoms with E-state index < -0.39 is 5.41 Å². The first-order chi connectivity index (χ1) is 14.6. The van der Waals surface area contributed by atoms with Crippen molar-refractivity contribution in [3.05, 3.63) is 60.0 Å². The highest BCUT2D eigenvalue weighted by Crippen LogP contribution is 2.42. The number of hydrogen-bond acceptors (Lipinski definition) is 5. The molecular weight excluding hydrogens is 385 g/mol. The predicted molar refractivity (Wildman–Crippen MR) is 111 cm³/mol. The monoisotopic (exact) mass is 411 g/mol. The molecule has 1 aliphatic heterocycles. The molecule has 0 bridgehead atoms. The van der Waals surface area contributed by atoms with Crippen LogP contribution >= 0.6 is 0 Å². The van der Waals surface area contributed by atoms with Crippen LogP contribution in [0.5, 0.6) is 0 Å². The molecule has 1 aliphatic carbocycles. The van der Waals surface area contributed by atoms with E-state index in [2.05, 4.69) is 9.88 Å². The fourth-order valence-corrected chi connectivity index (χ4v) is 4.44. The van der Waals surface area contributed by atoms with Gasteiger partial charge in [0, 0.05) is 32.4 Å². The Bertz CT molecular complexity index is 874. The van der Waals surface area contributed by atoms with Crippen molar-refractivity contribution in [2.24, 2.45) is 0 Å². The van der Waals surface area contributed by atoms with Gasteiger partial charge in [0.1, 0.15) is 11.6 Å². The molecule has 1 saturated heterocycles. The molecule has 4 rings (SSSR count). The predicted octanol–water partition coefficient (Wildman–Crippen LogP) is 2.92. The van der Waals surface area contributed by atoms with Crippen molar-refractivity contribution < 1.29 is 18.7 Å². The maximum atomic E-state index is 13.3. The Morgan fingerprint density at radius 3 is 2.33 bits per heavy atom. The van der Waals surface area contributed by atoms with Crippen LogP contribution in [0.2, 0.25) is 0 Å². The summed E-state index contributed by atoms with van der Waals surface area (Å²) >= 11 is 0. The van der Waals surface area contributed by atoms with Crippen LogP contribution in [0.15, 0.2) is 48.7 Å². The minimum atomic E-state index is -0.772. The third-order valence-corrected chi connectivity index (χ3v) is 6.18. The van der Waals surface area contributed by atoms with Gasteiger partial charge in [-0.25, -0.2) is 9.37 Å². The molecule has 30 heavy (non-hydrogen) atoms. The zero-order valence-corrected chi connectivity index (χ0v) is 16.9. The summed E-state index contributed by atoms with van der Waals surface area (Å²) in [6.07, 6.45) is 4.90. The molecule has 0 atom stereocenters. The van der Waals surface area contributed by atoms with Crippen molar-refractivity contribution in [2.45, 2.75) is 31.1 Å². The zero-order chi connectivity index (χ0) is 21.0. The molecule has 6 nitrogen and oxygen atoms in total. The van der Waals surface area contributed by atoms with E-state index in [4.69, 9.17) is 4.74 Å². The number of carbonyl (C=O) groups excluding carboxylic acids is 2. The molecule has 0 spiro atoms. The number of carbonyl (C=O) groups is 2. The van der Waals surface area contributed by atoms with Crippen LogP contribution in [0.3, 0.4) is 0 Å². The molecule has 7 heteroatoms. The number of esters is 1. The molecule has 0 N–H and O–H groups in total. The fourth-order valence-electron chi connectivity index (χ4n) is 4.44. The van der Waals surface area contributed by atoms with Crippen molar-refractivity contribution in [1.82, 2.24) is 9.88 Å². The molecule has 1 aromatic heterocycles. The Balaban J connectivity index is 1.33. The van der Waals surface area contributed by atoms with Gasteiger partial charge in [-0.3, -0.25) is 9.59 Å². The molecule has 2 aromatic rings. The SMILES string of the molecule is O=C(COC(=O)C1(c2ccc(F)cc2)CCCC1)N1CCN(c2ccccn2)CC1. The minimum Gasteiger partial charge on any atom is -0.455 e. The number of halogens is 1. The summed E-state index contributed by atoms with van der Waals surface area (Å²) in [4.78, 5) is 33.8. The summed E-state index contributed by atoms with van der Waals surface area (Å²) in [5, 5.41) is 0. The lowest BCUT2D eigenvalue weighted by atomic mass is 9.79. The molecule has 0 unspecified atom stereocenters. The molecule has 2 aliphatic rings. The maximum Gasteiger partial charge on any atom is 0.317 e. The zero-order valence-electron chi connectivity index (χ0n) is 16.9. The molecule has 2 heterocycles. The van der Waals surface area contributed by atoms with E-state index >= 15 is 0 Å². The Morgan fingerprint density at radius 1 is 1.00 bits per heavy atom. The van der Waals surface area contributed by atoms with Gasteiger partial charge in [-0.15, -0.1) is 0 Å². The van der Waals surface area contributed by atoms with E-state index in [1.54, 1.807) is 23.2 Å². The van der Waals surface area contributed by atoms with Crippen molar-refractivity contribution >= 4 is 17.7 Å². The molecular formula is C23H26FN3O3. The normalized spacial score (nSPS) is 18.3. The molecule has 0 radical (unpaired) electrons. The number of ether oxygens (including phenoxy) is 1. The number of hydrogen-bond donors (Lipinski definition) is 0. The number of nitrogens with zero attached hydrogens (tertiary/aromatic N) is 3. The Kier molecular flexibility index (Phi) is 5.97. The van der Waals surface area contributed by atoms with E-state index in [1.165, 1.54) is 12.1 Å². The minimum absolute atomic E-state index is 0.184. The van der Waals surface area contributed by atoms with Gasteiger partial charge in [-0.1, -0.05) is 31.0 Å². The Labute approximate surface area is 175 Å². The Hall–Kier alpha value is -2.96. The van der Waals surface area contributed by atoms with Gasteiger partial charge in [-0.2, -0.15) is 0 Å². The van der Waals surface area contributed by atoms with Crippen molar-refractivity contribution in [1.29, 1.82) is 0 Å². The topological polar surface area (TPSA) is 62.7 Å². The number of anilines is 1. The van der Waals surface area contributed by atoms with Crippen LogP contribution in [0, 0.1) is 5.82 Å². The third kappa shape index (κ3) is 4.15. The lowest BCUT2D eigenvalue weighted by Crippen LogP contribution is -2.50. The van der Waals surface area contributed by atoms with Gasteiger partial charge < -0.3 is 14.5 Å². The van der Waals surface area contributed by atoms with E-state index in [1.807, 2.05) is 18.2 Å². The summed E-state index contributed by atoms with van der Waals surface area (Å²) < 4.78 is 18.8. The smallest absolute Gasteiger partial charge is 0.317 e. The van der Waals surface area contributed by atoms with Crippen molar-refractivity contribution in [3.8, 4) is 0 Å². The van der Waals surface area contributed by atoms with Gasteiger partial charge in [0.15, 0.2) is 6.61 Å². The number of aromatic nitrogens is 1. The van der Waals surface area contributed by atoms with Crippen LogP contribution in [-0.4, -0.2) is 54.5 Å². The second-order valence-electron chi connectivity index (χ2n) is 7.93. The second-order valence-corrected chi connectivity index (χ2v) is 7.93. The van der Waals surface area contributed by atoms with Crippen molar-refractivity contribution in [2.75, 3.05) is 37.7 Å². The number of amides is 1. The highest BCUT2D eigenvalue weighted by molar-refractivity contribution is 5.86. The first kappa shape index (κ1) is 20.3. The summed E-state index contributed by atoms with van der Waals surface area (Å²) in [6, 6.07) is 11.8. The van der Waals surface area contributed by atoms with Crippen LogP contribution in [-0.2, 0) is 19.7 Å². The molecule has 1 aromatic carbocycles. The van der Waals surface area contributed by atoms with Gasteiger partial charge in [0.2, 0.25) is 0 Å². The maximum absolute atomic E-state index is 13.3. The average Bonchev–Trinajstić information content (AvgIpc) is 3.30. The van der Waals surface area contributed by atoms with E-state index in [0.29, 0.717) is 39.0 Å². The van der Waals surface area contributed by atoms with Gasteiger partial charge in [0.05, 0.1) is 5.41 Å². The second kappa shape index (κ2) is 8.81. The standard InChI is InChI=1S/C23H26FN3O3/c24-19-8-6-18(7-9-19)23(10-2-3-11-23)22(29)30-17-21(28)27-15-13-26(14-16-27)20-5-1-4-12-25-20/h1,4-9,12H,2-3,10-11,13-17H2. The Morgan fingerprint density at radius 2 is 1.70 bits per heavy atom. The fraction of sp³-hybridized carbons (Fsp3) is 0.435. The lowest BCUT2D eigenvalue weighted by Gasteiger charge is -2.35. The third-order valence-electron chi connectivity index (χ3n) is 6.18. The van der Waals surface area contributed by atoms with Crippen LogP contribution in [0.4, 0.5) is 10.2 Å². The van der Waals surface area contributed by atoms with Crippen LogP contribution in [0.25, 0.3) is 0 Å². The molecule has 1 amide bonds. The first-order valence-electron chi connectivity index (χ1n) is 10.5. The van der Waals surface area contributed by atoms with Gasteiger partial charge >= 0.3 is 5.97 Å². The number of benzene rings is 1. The summed E-state index contributed by atoms with van der Waals surface area (Å²) in [5.41, 5.74) is -0.00566. The highest BCUT2D eigenvalue weighted by Gasteiger charge is 2.44. The number of rotatable bonds is 5. The van der Waals surface area contributed by atoms with E-state index in [-0.39, 0.29) is 24.3 Å². The van der Waals surface area contributed by atoms with E-state index in [9.17, 15) is 14.0 Å². The van der Waals surface area contributed by atoms with Gasteiger partial charge in [-0.05, 0) is 42.7 Å². The quantitative estimate of drug-likeness (QED) is 0.708. The summed E-state index contributed by atoms with van der Waals surface area (Å²) in [5.74, 6) is 0.00198. The van der Waals surface area contributed by atoms with E-state index in [0.717, 1.165) is 24.2 Å². The first-order valence-corrected chi connectivity index (χ1v) is 10.5. The number of pyridine rings is 1. The largest absolute Gasteiger partial charge is 0.455 e. The molecule has 158 valence electrons. The van der Waals surface area contributed by atoms with Crippen molar-refractivity contribution in [3.63, 3.8) is 0 Å². The molecule has 1 saturated carbocycles. The summed E-state index contributed by atoms with van der Waals surface area (Å²) in [7, 11) is 0. The average molecular weight is 411 g/mol. The highest BCUT2D eigenvalue weighted by atomic mass is 19.1. The lowest BCUT2D eigenvalue weighted by molar-refractivity contribution is -0.157. The number of piperazine rings is 1.